The number of carbonyl (C=O) groups excluding carboxylic acids is 1. The van der Waals surface area contributed by atoms with Gasteiger partial charge in [-0.05, 0) is 38.2 Å². The highest BCUT2D eigenvalue weighted by atomic mass is 16.5. The molecule has 0 atom stereocenters. The van der Waals surface area contributed by atoms with Gasteiger partial charge in [0.1, 0.15) is 6.61 Å². The van der Waals surface area contributed by atoms with Crippen molar-refractivity contribution in [2.24, 2.45) is 5.92 Å². The Bertz CT molecular complexity index is 419. The fraction of sp³-hybridized carbons (Fsp3) is 0.533. The Kier molecular flexibility index (Phi) is 4.10. The zero-order valence-electron chi connectivity index (χ0n) is 11.4. The molecule has 1 amide bonds. The number of benzene rings is 1. The number of aliphatic hydroxyl groups is 1. The first kappa shape index (κ1) is 13.9. The molecule has 0 heterocycles. The van der Waals surface area contributed by atoms with Crippen LogP contribution in [0.2, 0.25) is 0 Å². The second-order valence-corrected chi connectivity index (χ2v) is 5.72. The minimum Gasteiger partial charge on any atom is -0.445 e. The molecule has 1 fully saturated rings. The van der Waals surface area contributed by atoms with E-state index in [0.717, 1.165) is 18.4 Å². The molecule has 0 spiro atoms. The lowest BCUT2D eigenvalue weighted by atomic mass is 9.71. The molecular formula is C15H21NO3. The average Bonchev–Trinajstić information content (AvgIpc) is 2.30. The van der Waals surface area contributed by atoms with Crippen LogP contribution in [0.25, 0.3) is 0 Å². The molecule has 19 heavy (non-hydrogen) atoms. The second-order valence-electron chi connectivity index (χ2n) is 5.72. The number of carbonyl (C=O) groups is 1. The number of alkyl carbamates (subject to hydrolysis) is 1. The lowest BCUT2D eigenvalue weighted by Gasteiger charge is -2.42. The Hall–Kier alpha value is -1.55. The summed E-state index contributed by atoms with van der Waals surface area (Å²) in [7, 11) is 0. The second kappa shape index (κ2) is 5.61. The normalized spacial score (nSPS) is 22.5. The minimum atomic E-state index is -0.661. The van der Waals surface area contributed by atoms with Crippen LogP contribution in [-0.2, 0) is 11.3 Å². The van der Waals surface area contributed by atoms with E-state index in [2.05, 4.69) is 5.32 Å². The third-order valence-electron chi connectivity index (χ3n) is 3.67. The molecule has 4 heteroatoms. The largest absolute Gasteiger partial charge is 0.445 e. The molecule has 2 rings (SSSR count). The maximum Gasteiger partial charge on any atom is 0.407 e. The van der Waals surface area contributed by atoms with Crippen LogP contribution in [-0.4, -0.2) is 22.8 Å². The third kappa shape index (κ3) is 3.96. The zero-order chi connectivity index (χ0) is 13.9. The number of rotatable bonds is 4. The quantitative estimate of drug-likeness (QED) is 0.877. The zero-order valence-corrected chi connectivity index (χ0v) is 11.4. The summed E-state index contributed by atoms with van der Waals surface area (Å²) >= 11 is 0. The molecule has 1 saturated carbocycles. The lowest BCUT2D eigenvalue weighted by molar-refractivity contribution is -0.0318. The highest BCUT2D eigenvalue weighted by molar-refractivity contribution is 5.67. The van der Waals surface area contributed by atoms with E-state index >= 15 is 0 Å². The summed E-state index contributed by atoms with van der Waals surface area (Å²) in [5, 5.41) is 12.6. The number of nitrogens with one attached hydrogen (secondary N) is 1. The first-order chi connectivity index (χ1) is 8.95. The van der Waals surface area contributed by atoms with Gasteiger partial charge >= 0.3 is 6.09 Å². The molecule has 104 valence electrons. The molecule has 2 N–H and O–H groups in total. The van der Waals surface area contributed by atoms with Gasteiger partial charge in [0, 0.05) is 6.04 Å². The van der Waals surface area contributed by atoms with E-state index < -0.39 is 5.60 Å². The van der Waals surface area contributed by atoms with Crippen LogP contribution in [0.15, 0.2) is 30.3 Å². The lowest BCUT2D eigenvalue weighted by Crippen LogP contribution is -2.51. The predicted molar refractivity (Wildman–Crippen MR) is 72.6 cm³/mol. The van der Waals surface area contributed by atoms with Crippen LogP contribution in [0.4, 0.5) is 4.79 Å². The van der Waals surface area contributed by atoms with E-state index in [1.54, 1.807) is 0 Å². The monoisotopic (exact) mass is 263 g/mol. The van der Waals surface area contributed by atoms with Crippen molar-refractivity contribution >= 4 is 6.09 Å². The first-order valence-corrected chi connectivity index (χ1v) is 6.65. The van der Waals surface area contributed by atoms with E-state index in [1.165, 1.54) is 0 Å². The van der Waals surface area contributed by atoms with E-state index in [4.69, 9.17) is 4.74 Å². The van der Waals surface area contributed by atoms with Crippen molar-refractivity contribution in [3.8, 4) is 0 Å². The van der Waals surface area contributed by atoms with Crippen molar-refractivity contribution in [2.75, 3.05) is 0 Å². The third-order valence-corrected chi connectivity index (χ3v) is 3.67. The van der Waals surface area contributed by atoms with Gasteiger partial charge < -0.3 is 15.2 Å². The van der Waals surface area contributed by atoms with Gasteiger partial charge in [-0.1, -0.05) is 30.3 Å². The molecule has 1 aromatic rings. The smallest absolute Gasteiger partial charge is 0.407 e. The van der Waals surface area contributed by atoms with E-state index in [9.17, 15) is 9.90 Å². The topological polar surface area (TPSA) is 58.6 Å². The Morgan fingerprint density at radius 2 is 2.00 bits per heavy atom. The van der Waals surface area contributed by atoms with Crippen LogP contribution >= 0.6 is 0 Å². The molecule has 1 aliphatic carbocycles. The van der Waals surface area contributed by atoms with Gasteiger partial charge in [0.05, 0.1) is 5.60 Å². The van der Waals surface area contributed by atoms with Gasteiger partial charge in [0.25, 0.3) is 0 Å². The van der Waals surface area contributed by atoms with Crippen LogP contribution < -0.4 is 5.32 Å². The molecule has 1 aliphatic rings. The fourth-order valence-corrected chi connectivity index (χ4v) is 2.24. The summed E-state index contributed by atoms with van der Waals surface area (Å²) in [6, 6.07) is 9.71. The first-order valence-electron chi connectivity index (χ1n) is 6.65. The van der Waals surface area contributed by atoms with Crippen molar-refractivity contribution in [1.82, 2.24) is 5.32 Å². The van der Waals surface area contributed by atoms with Gasteiger partial charge in [-0.3, -0.25) is 0 Å². The molecule has 0 aliphatic heterocycles. The fourth-order valence-electron chi connectivity index (χ4n) is 2.24. The van der Waals surface area contributed by atoms with Crippen molar-refractivity contribution < 1.29 is 14.6 Å². The molecule has 0 saturated heterocycles. The number of hydrogen-bond donors (Lipinski definition) is 2. The van der Waals surface area contributed by atoms with Crippen molar-refractivity contribution in [3.05, 3.63) is 35.9 Å². The van der Waals surface area contributed by atoms with E-state index in [1.807, 2.05) is 44.2 Å². The molecule has 0 unspecified atom stereocenters. The van der Waals surface area contributed by atoms with Crippen molar-refractivity contribution in [1.29, 1.82) is 0 Å². The average molecular weight is 263 g/mol. The standard InChI is InChI=1S/C15H21NO3/c1-15(2,18)12-8-13(9-12)16-14(17)19-10-11-6-4-3-5-7-11/h3-7,12-13,18H,8-10H2,1-2H3,(H,16,17). The molecule has 0 radical (unpaired) electrons. The molecule has 4 nitrogen and oxygen atoms in total. The summed E-state index contributed by atoms with van der Waals surface area (Å²) < 4.78 is 5.14. The highest BCUT2D eigenvalue weighted by Crippen LogP contribution is 2.36. The minimum absolute atomic E-state index is 0.125. The van der Waals surface area contributed by atoms with Gasteiger partial charge in [-0.25, -0.2) is 4.79 Å². The summed E-state index contributed by atoms with van der Waals surface area (Å²) in [4.78, 5) is 11.6. The molecule has 0 bridgehead atoms. The molecule has 1 aromatic carbocycles. The molecular weight excluding hydrogens is 242 g/mol. The highest BCUT2D eigenvalue weighted by Gasteiger charge is 2.39. The van der Waals surface area contributed by atoms with Crippen LogP contribution in [0.3, 0.4) is 0 Å². The predicted octanol–water partition coefficient (Wildman–Crippen LogP) is 2.46. The Balaban J connectivity index is 1.67. The SMILES string of the molecule is CC(C)(O)C1CC(NC(=O)OCc2ccccc2)C1. The summed E-state index contributed by atoms with van der Waals surface area (Å²) in [6.45, 7) is 3.90. The summed E-state index contributed by atoms with van der Waals surface area (Å²) in [5.41, 5.74) is 0.312. The number of ether oxygens (including phenoxy) is 1. The van der Waals surface area contributed by atoms with Gasteiger partial charge in [0.15, 0.2) is 0 Å². The van der Waals surface area contributed by atoms with Gasteiger partial charge in [-0.2, -0.15) is 0 Å². The van der Waals surface area contributed by atoms with Gasteiger partial charge in [0.2, 0.25) is 0 Å². The Morgan fingerprint density at radius 1 is 1.37 bits per heavy atom. The summed E-state index contributed by atoms with van der Waals surface area (Å²) in [5.74, 6) is 0.256. The van der Waals surface area contributed by atoms with Crippen LogP contribution in [0.1, 0.15) is 32.3 Å². The van der Waals surface area contributed by atoms with Crippen molar-refractivity contribution in [3.63, 3.8) is 0 Å². The van der Waals surface area contributed by atoms with E-state index in [-0.39, 0.29) is 24.7 Å². The maximum absolute atomic E-state index is 11.6. The number of amides is 1. The Labute approximate surface area is 113 Å². The van der Waals surface area contributed by atoms with Crippen LogP contribution in [0.5, 0.6) is 0 Å². The van der Waals surface area contributed by atoms with Crippen LogP contribution in [0, 0.1) is 5.92 Å². The number of hydrogen-bond acceptors (Lipinski definition) is 3. The van der Waals surface area contributed by atoms with Gasteiger partial charge in [-0.15, -0.1) is 0 Å². The van der Waals surface area contributed by atoms with Crippen molar-refractivity contribution in [2.45, 2.75) is 44.9 Å². The maximum atomic E-state index is 11.6. The summed E-state index contributed by atoms with van der Waals surface area (Å²) in [6.07, 6.45) is 1.23. The molecule has 0 aromatic heterocycles. The Morgan fingerprint density at radius 3 is 2.58 bits per heavy atom. The van der Waals surface area contributed by atoms with E-state index in [0.29, 0.717) is 0 Å².